The van der Waals surface area contributed by atoms with Crippen molar-refractivity contribution in [1.82, 2.24) is 0 Å². The lowest BCUT2D eigenvalue weighted by Gasteiger charge is -2.06. The summed E-state index contributed by atoms with van der Waals surface area (Å²) in [4.78, 5) is 0. The highest BCUT2D eigenvalue weighted by molar-refractivity contribution is 5.01. The Morgan fingerprint density at radius 2 is 1.71 bits per heavy atom. The monoisotopic (exact) mass is 243 g/mol. The standard InChI is InChI=1S/C13H25NO3/c1-2-7-13(15)12-17-10-6-4-3-5-9-16-11-8-14/h13,15H,3-6,8-12,14H2,1H3. The summed E-state index contributed by atoms with van der Waals surface area (Å²) < 4.78 is 10.6. The highest BCUT2D eigenvalue weighted by Gasteiger charge is 1.98. The second kappa shape index (κ2) is 13.5. The van der Waals surface area contributed by atoms with Gasteiger partial charge in [0.25, 0.3) is 0 Å². The molecule has 1 atom stereocenters. The Hall–Kier alpha value is -0.600. The fourth-order valence-corrected chi connectivity index (χ4v) is 1.35. The third kappa shape index (κ3) is 13.3. The lowest BCUT2D eigenvalue weighted by atomic mass is 10.2. The molecule has 0 saturated carbocycles. The zero-order valence-electron chi connectivity index (χ0n) is 10.8. The molecule has 0 aliphatic carbocycles. The number of hydrogen-bond acceptors (Lipinski definition) is 4. The lowest BCUT2D eigenvalue weighted by molar-refractivity contribution is 0.0613. The smallest absolute Gasteiger partial charge is 0.137 e. The molecule has 0 aromatic carbocycles. The summed E-state index contributed by atoms with van der Waals surface area (Å²) in [5.74, 6) is 5.28. The van der Waals surface area contributed by atoms with E-state index in [1.54, 1.807) is 6.92 Å². The molecule has 17 heavy (non-hydrogen) atoms. The minimum Gasteiger partial charge on any atom is -0.380 e. The van der Waals surface area contributed by atoms with Crippen LogP contribution < -0.4 is 5.73 Å². The van der Waals surface area contributed by atoms with Gasteiger partial charge in [0.15, 0.2) is 0 Å². The summed E-state index contributed by atoms with van der Waals surface area (Å²) in [6.45, 7) is 4.74. The molecule has 0 bridgehead atoms. The maximum absolute atomic E-state index is 9.25. The molecule has 100 valence electrons. The fourth-order valence-electron chi connectivity index (χ4n) is 1.35. The van der Waals surface area contributed by atoms with Gasteiger partial charge in [-0.2, -0.15) is 0 Å². The van der Waals surface area contributed by atoms with Crippen molar-refractivity contribution in [3.8, 4) is 11.8 Å². The topological polar surface area (TPSA) is 64.7 Å². The number of aliphatic hydroxyl groups is 1. The van der Waals surface area contributed by atoms with E-state index in [0.717, 1.165) is 32.3 Å². The van der Waals surface area contributed by atoms with Crippen molar-refractivity contribution in [3.63, 3.8) is 0 Å². The first-order valence-electron chi connectivity index (χ1n) is 6.27. The van der Waals surface area contributed by atoms with Crippen LogP contribution in [-0.2, 0) is 9.47 Å². The van der Waals surface area contributed by atoms with Crippen molar-refractivity contribution in [3.05, 3.63) is 0 Å². The SMILES string of the molecule is CC#CC(O)COCCCCCCOCCN. The minimum absolute atomic E-state index is 0.306. The van der Waals surface area contributed by atoms with Gasteiger partial charge in [0.1, 0.15) is 6.10 Å². The molecule has 0 aliphatic rings. The van der Waals surface area contributed by atoms with E-state index in [1.807, 2.05) is 0 Å². The van der Waals surface area contributed by atoms with E-state index in [2.05, 4.69) is 11.8 Å². The average molecular weight is 243 g/mol. The van der Waals surface area contributed by atoms with Gasteiger partial charge >= 0.3 is 0 Å². The molecule has 3 N–H and O–H groups in total. The summed E-state index contributed by atoms with van der Waals surface area (Å²) in [7, 11) is 0. The Labute approximate surface area is 104 Å². The van der Waals surface area contributed by atoms with Crippen LogP contribution in [-0.4, -0.2) is 44.2 Å². The number of unbranched alkanes of at least 4 members (excludes halogenated alkanes) is 3. The zero-order valence-corrected chi connectivity index (χ0v) is 10.8. The maximum Gasteiger partial charge on any atom is 0.137 e. The van der Waals surface area contributed by atoms with E-state index in [1.165, 1.54) is 0 Å². The molecule has 0 fully saturated rings. The molecular formula is C13H25NO3. The molecular weight excluding hydrogens is 218 g/mol. The predicted octanol–water partition coefficient (Wildman–Crippen LogP) is 0.923. The fraction of sp³-hybridized carbons (Fsp3) is 0.846. The molecule has 1 unspecified atom stereocenters. The first kappa shape index (κ1) is 16.4. The van der Waals surface area contributed by atoms with Gasteiger partial charge < -0.3 is 20.3 Å². The zero-order chi connectivity index (χ0) is 12.8. The van der Waals surface area contributed by atoms with E-state index in [9.17, 15) is 5.11 Å². The molecule has 0 aromatic heterocycles. The highest BCUT2D eigenvalue weighted by atomic mass is 16.5. The number of aliphatic hydroxyl groups excluding tert-OH is 1. The first-order valence-corrected chi connectivity index (χ1v) is 6.27. The van der Waals surface area contributed by atoms with Gasteiger partial charge in [-0.3, -0.25) is 0 Å². The van der Waals surface area contributed by atoms with E-state index < -0.39 is 6.10 Å². The summed E-state index contributed by atoms with van der Waals surface area (Å²) in [6.07, 6.45) is 3.71. The van der Waals surface area contributed by atoms with Crippen LogP contribution in [0.15, 0.2) is 0 Å². The molecule has 0 aromatic rings. The van der Waals surface area contributed by atoms with Crippen LogP contribution in [0.4, 0.5) is 0 Å². The summed E-state index contributed by atoms with van der Waals surface area (Å²) >= 11 is 0. The third-order valence-electron chi connectivity index (χ3n) is 2.18. The van der Waals surface area contributed by atoms with Gasteiger partial charge in [0.05, 0.1) is 13.2 Å². The van der Waals surface area contributed by atoms with Crippen molar-refractivity contribution < 1.29 is 14.6 Å². The molecule has 0 saturated heterocycles. The Morgan fingerprint density at radius 3 is 2.29 bits per heavy atom. The van der Waals surface area contributed by atoms with Gasteiger partial charge in [0, 0.05) is 19.8 Å². The summed E-state index contributed by atoms with van der Waals surface area (Å²) in [5.41, 5.74) is 5.30. The quantitative estimate of drug-likeness (QED) is 0.418. The second-order valence-electron chi connectivity index (χ2n) is 3.80. The molecule has 0 amide bonds. The minimum atomic E-state index is -0.648. The lowest BCUT2D eigenvalue weighted by Crippen LogP contribution is -2.13. The molecule has 4 heteroatoms. The van der Waals surface area contributed by atoms with Crippen LogP contribution in [0.3, 0.4) is 0 Å². The number of rotatable bonds is 11. The summed E-state index contributed by atoms with van der Waals surface area (Å²) in [6, 6.07) is 0. The molecule has 0 heterocycles. The third-order valence-corrected chi connectivity index (χ3v) is 2.18. The van der Waals surface area contributed by atoms with Crippen molar-refractivity contribution >= 4 is 0 Å². The molecule has 4 nitrogen and oxygen atoms in total. The molecule has 0 radical (unpaired) electrons. The normalized spacial score (nSPS) is 11.9. The van der Waals surface area contributed by atoms with Crippen LogP contribution in [0.2, 0.25) is 0 Å². The summed E-state index contributed by atoms with van der Waals surface area (Å²) in [5, 5.41) is 9.25. The first-order chi connectivity index (χ1) is 8.31. The van der Waals surface area contributed by atoms with E-state index in [4.69, 9.17) is 15.2 Å². The van der Waals surface area contributed by atoms with Crippen molar-refractivity contribution in [2.75, 3.05) is 33.0 Å². The van der Waals surface area contributed by atoms with E-state index in [0.29, 0.717) is 26.4 Å². The van der Waals surface area contributed by atoms with Gasteiger partial charge in [-0.15, -0.1) is 5.92 Å². The van der Waals surface area contributed by atoms with Crippen molar-refractivity contribution in [2.24, 2.45) is 5.73 Å². The Bertz CT molecular complexity index is 210. The van der Waals surface area contributed by atoms with Gasteiger partial charge in [0.2, 0.25) is 0 Å². The predicted molar refractivity (Wildman–Crippen MR) is 68.6 cm³/mol. The Balaban J connectivity index is 3.05. The Morgan fingerprint density at radius 1 is 1.06 bits per heavy atom. The van der Waals surface area contributed by atoms with Crippen molar-refractivity contribution in [2.45, 2.75) is 38.7 Å². The molecule has 0 rings (SSSR count). The van der Waals surface area contributed by atoms with E-state index in [-0.39, 0.29) is 0 Å². The van der Waals surface area contributed by atoms with E-state index >= 15 is 0 Å². The van der Waals surface area contributed by atoms with Gasteiger partial charge in [-0.25, -0.2) is 0 Å². The van der Waals surface area contributed by atoms with Crippen LogP contribution in [0.1, 0.15) is 32.6 Å². The molecule has 0 spiro atoms. The van der Waals surface area contributed by atoms with Gasteiger partial charge in [-0.1, -0.05) is 18.8 Å². The maximum atomic E-state index is 9.25. The highest BCUT2D eigenvalue weighted by Crippen LogP contribution is 2.00. The second-order valence-corrected chi connectivity index (χ2v) is 3.80. The largest absolute Gasteiger partial charge is 0.380 e. The number of nitrogens with two attached hydrogens (primary N) is 1. The number of hydrogen-bond donors (Lipinski definition) is 2. The van der Waals surface area contributed by atoms with Crippen molar-refractivity contribution in [1.29, 1.82) is 0 Å². The van der Waals surface area contributed by atoms with Crippen LogP contribution in [0.5, 0.6) is 0 Å². The average Bonchev–Trinajstić information content (AvgIpc) is 2.32. The number of ether oxygens (including phenoxy) is 2. The Kier molecular flexibility index (Phi) is 13.0. The van der Waals surface area contributed by atoms with Gasteiger partial charge in [-0.05, 0) is 19.8 Å². The molecule has 0 aliphatic heterocycles. The van der Waals surface area contributed by atoms with Crippen LogP contribution in [0, 0.1) is 11.8 Å². The van der Waals surface area contributed by atoms with Crippen LogP contribution in [0.25, 0.3) is 0 Å². The van der Waals surface area contributed by atoms with Crippen LogP contribution >= 0.6 is 0 Å².